The Hall–Kier alpha value is -0.960. The van der Waals surface area contributed by atoms with E-state index in [4.69, 9.17) is 4.98 Å². The second kappa shape index (κ2) is 4.73. The van der Waals surface area contributed by atoms with E-state index in [1.807, 2.05) is 0 Å². The van der Waals surface area contributed by atoms with Gasteiger partial charge in [-0.25, -0.2) is 9.97 Å². The molecule has 0 spiro atoms. The SMILES string of the molecule is Cc1cc(C2CCCC2)nc(C2CCNC2)n1. The first kappa shape index (κ1) is 11.1. The molecular formula is C14H21N3. The third-order valence-corrected chi connectivity index (χ3v) is 4.09. The Morgan fingerprint density at radius 1 is 1.12 bits per heavy atom. The molecular weight excluding hydrogens is 210 g/mol. The lowest BCUT2D eigenvalue weighted by atomic mass is 10.0. The molecule has 1 N–H and O–H groups in total. The van der Waals surface area contributed by atoms with Crippen LogP contribution >= 0.6 is 0 Å². The van der Waals surface area contributed by atoms with Gasteiger partial charge in [0.1, 0.15) is 5.82 Å². The molecule has 3 rings (SSSR count). The average Bonchev–Trinajstić information content (AvgIpc) is 3.02. The molecule has 0 bridgehead atoms. The lowest BCUT2D eigenvalue weighted by molar-refractivity contribution is 0.646. The fourth-order valence-corrected chi connectivity index (χ4v) is 3.10. The van der Waals surface area contributed by atoms with E-state index in [9.17, 15) is 0 Å². The Morgan fingerprint density at radius 3 is 2.65 bits per heavy atom. The average molecular weight is 231 g/mol. The van der Waals surface area contributed by atoms with Gasteiger partial charge in [0.25, 0.3) is 0 Å². The van der Waals surface area contributed by atoms with Crippen LogP contribution in [-0.4, -0.2) is 23.1 Å². The zero-order chi connectivity index (χ0) is 11.7. The van der Waals surface area contributed by atoms with Crippen molar-refractivity contribution in [2.24, 2.45) is 0 Å². The summed E-state index contributed by atoms with van der Waals surface area (Å²) in [5, 5.41) is 3.40. The van der Waals surface area contributed by atoms with Crippen molar-refractivity contribution >= 4 is 0 Å². The summed E-state index contributed by atoms with van der Waals surface area (Å²) in [6, 6.07) is 2.20. The summed E-state index contributed by atoms with van der Waals surface area (Å²) in [6.45, 7) is 4.26. The van der Waals surface area contributed by atoms with Crippen molar-refractivity contribution in [3.8, 4) is 0 Å². The van der Waals surface area contributed by atoms with Crippen LogP contribution in [0.1, 0.15) is 61.2 Å². The van der Waals surface area contributed by atoms with Gasteiger partial charge in [0, 0.05) is 29.8 Å². The topological polar surface area (TPSA) is 37.8 Å². The van der Waals surface area contributed by atoms with E-state index in [1.165, 1.54) is 37.8 Å². The molecule has 92 valence electrons. The van der Waals surface area contributed by atoms with E-state index in [-0.39, 0.29) is 0 Å². The predicted octanol–water partition coefficient (Wildman–Crippen LogP) is 2.52. The Bertz CT molecular complexity index is 356. The van der Waals surface area contributed by atoms with Crippen molar-refractivity contribution in [3.05, 3.63) is 23.3 Å². The van der Waals surface area contributed by atoms with Crippen LogP contribution in [0.15, 0.2) is 6.07 Å². The van der Waals surface area contributed by atoms with Crippen LogP contribution in [0.4, 0.5) is 0 Å². The minimum atomic E-state index is 0.537. The quantitative estimate of drug-likeness (QED) is 0.850. The first-order valence-corrected chi connectivity index (χ1v) is 6.89. The summed E-state index contributed by atoms with van der Waals surface area (Å²) >= 11 is 0. The standard InChI is InChI=1S/C14H21N3/c1-10-8-13(11-4-2-3-5-11)17-14(16-10)12-6-7-15-9-12/h8,11-12,15H,2-7,9H2,1H3. The molecule has 1 aromatic heterocycles. The fourth-order valence-electron chi connectivity index (χ4n) is 3.10. The Balaban J connectivity index is 1.88. The van der Waals surface area contributed by atoms with E-state index in [2.05, 4.69) is 23.3 Å². The third kappa shape index (κ3) is 2.34. The molecule has 2 heterocycles. The molecule has 2 aliphatic rings. The van der Waals surface area contributed by atoms with Crippen LogP contribution in [-0.2, 0) is 0 Å². The highest BCUT2D eigenvalue weighted by Crippen LogP contribution is 2.33. The van der Waals surface area contributed by atoms with Crippen LogP contribution in [0.2, 0.25) is 0 Å². The summed E-state index contributed by atoms with van der Waals surface area (Å²) in [5.74, 6) is 2.32. The van der Waals surface area contributed by atoms with Crippen molar-refractivity contribution in [1.29, 1.82) is 0 Å². The molecule has 2 fully saturated rings. The number of aromatic nitrogens is 2. The van der Waals surface area contributed by atoms with Crippen molar-refractivity contribution in [1.82, 2.24) is 15.3 Å². The molecule has 3 heteroatoms. The van der Waals surface area contributed by atoms with Crippen LogP contribution in [0.25, 0.3) is 0 Å². The van der Waals surface area contributed by atoms with E-state index < -0.39 is 0 Å². The van der Waals surface area contributed by atoms with Crippen LogP contribution in [0, 0.1) is 6.92 Å². The molecule has 1 unspecified atom stereocenters. The molecule has 1 saturated carbocycles. The van der Waals surface area contributed by atoms with Gasteiger partial charge in [0.15, 0.2) is 0 Å². The smallest absolute Gasteiger partial charge is 0.133 e. The van der Waals surface area contributed by atoms with E-state index in [1.54, 1.807) is 0 Å². The number of aryl methyl sites for hydroxylation is 1. The van der Waals surface area contributed by atoms with Crippen molar-refractivity contribution in [3.63, 3.8) is 0 Å². The molecule has 1 aromatic rings. The number of nitrogens with zero attached hydrogens (tertiary/aromatic N) is 2. The van der Waals surface area contributed by atoms with Gasteiger partial charge >= 0.3 is 0 Å². The highest BCUT2D eigenvalue weighted by Gasteiger charge is 2.23. The predicted molar refractivity (Wildman–Crippen MR) is 68.2 cm³/mol. The summed E-state index contributed by atoms with van der Waals surface area (Å²) < 4.78 is 0. The number of hydrogen-bond acceptors (Lipinski definition) is 3. The van der Waals surface area contributed by atoms with Gasteiger partial charge in [-0.1, -0.05) is 12.8 Å². The first-order chi connectivity index (χ1) is 8.33. The highest BCUT2D eigenvalue weighted by atomic mass is 15.0. The summed E-state index contributed by atoms with van der Waals surface area (Å²) in [6.07, 6.45) is 6.56. The maximum absolute atomic E-state index is 4.85. The van der Waals surface area contributed by atoms with E-state index in [0.717, 1.165) is 24.6 Å². The van der Waals surface area contributed by atoms with Gasteiger partial charge in [0.2, 0.25) is 0 Å². The zero-order valence-electron chi connectivity index (χ0n) is 10.6. The summed E-state index contributed by atoms with van der Waals surface area (Å²) in [7, 11) is 0. The molecule has 0 aromatic carbocycles. The van der Waals surface area contributed by atoms with Gasteiger partial charge in [0.05, 0.1) is 0 Å². The van der Waals surface area contributed by atoms with Crippen molar-refractivity contribution < 1.29 is 0 Å². The largest absolute Gasteiger partial charge is 0.316 e. The monoisotopic (exact) mass is 231 g/mol. The number of hydrogen-bond donors (Lipinski definition) is 1. The Morgan fingerprint density at radius 2 is 1.94 bits per heavy atom. The Kier molecular flexibility index (Phi) is 3.10. The number of rotatable bonds is 2. The lowest BCUT2D eigenvalue weighted by Crippen LogP contribution is -2.12. The van der Waals surface area contributed by atoms with Crippen LogP contribution in [0.5, 0.6) is 0 Å². The minimum absolute atomic E-state index is 0.537. The molecule has 0 amide bonds. The van der Waals surface area contributed by atoms with Gasteiger partial charge in [-0.3, -0.25) is 0 Å². The van der Waals surface area contributed by atoms with Crippen LogP contribution < -0.4 is 5.32 Å². The minimum Gasteiger partial charge on any atom is -0.316 e. The van der Waals surface area contributed by atoms with E-state index in [0.29, 0.717) is 11.8 Å². The van der Waals surface area contributed by atoms with Gasteiger partial charge in [-0.05, 0) is 38.8 Å². The lowest BCUT2D eigenvalue weighted by Gasteiger charge is -2.13. The Labute approximate surface area is 103 Å². The van der Waals surface area contributed by atoms with Gasteiger partial charge < -0.3 is 5.32 Å². The highest BCUT2D eigenvalue weighted by molar-refractivity contribution is 5.17. The molecule has 1 saturated heterocycles. The summed E-state index contributed by atoms with van der Waals surface area (Å²) in [5.41, 5.74) is 2.45. The maximum atomic E-state index is 4.85. The summed E-state index contributed by atoms with van der Waals surface area (Å²) in [4.78, 5) is 9.48. The molecule has 1 aliphatic heterocycles. The van der Waals surface area contributed by atoms with Crippen molar-refractivity contribution in [2.45, 2.75) is 50.9 Å². The molecule has 17 heavy (non-hydrogen) atoms. The molecule has 3 nitrogen and oxygen atoms in total. The van der Waals surface area contributed by atoms with Gasteiger partial charge in [-0.2, -0.15) is 0 Å². The van der Waals surface area contributed by atoms with Gasteiger partial charge in [-0.15, -0.1) is 0 Å². The van der Waals surface area contributed by atoms with Crippen molar-refractivity contribution in [2.75, 3.05) is 13.1 Å². The normalized spacial score (nSPS) is 25.6. The molecule has 0 radical (unpaired) electrons. The second-order valence-corrected chi connectivity index (χ2v) is 5.46. The number of nitrogens with one attached hydrogen (secondary N) is 1. The first-order valence-electron chi connectivity index (χ1n) is 6.89. The second-order valence-electron chi connectivity index (χ2n) is 5.46. The maximum Gasteiger partial charge on any atom is 0.133 e. The fraction of sp³-hybridized carbons (Fsp3) is 0.714. The molecule has 1 aliphatic carbocycles. The zero-order valence-corrected chi connectivity index (χ0v) is 10.6. The third-order valence-electron chi connectivity index (χ3n) is 4.09. The molecule has 1 atom stereocenters. The van der Waals surface area contributed by atoms with E-state index >= 15 is 0 Å². The van der Waals surface area contributed by atoms with Crippen LogP contribution in [0.3, 0.4) is 0 Å².